The van der Waals surface area contributed by atoms with Crippen molar-refractivity contribution in [2.45, 2.75) is 109 Å². The number of hydrogen-bond donors (Lipinski definition) is 2. The molecule has 18 nitrogen and oxygen atoms in total. The molecule has 4 amide bonds. The Balaban J connectivity index is 1.42. The topological polar surface area (TPSA) is 225 Å². The molecule has 1 saturated heterocycles. The van der Waals surface area contributed by atoms with Crippen molar-refractivity contribution in [2.24, 2.45) is 0 Å². The number of hydrogen-bond acceptors (Lipinski definition) is 14. The molecular formula is C36H52N7O11PS2. The van der Waals surface area contributed by atoms with Crippen LogP contribution in [0.3, 0.4) is 0 Å². The van der Waals surface area contributed by atoms with Crippen LogP contribution in [0.25, 0.3) is 10.2 Å². The highest BCUT2D eigenvalue weighted by Gasteiger charge is 2.38. The van der Waals surface area contributed by atoms with Gasteiger partial charge in [-0.05, 0) is 87.3 Å². The van der Waals surface area contributed by atoms with Crippen LogP contribution in [0.15, 0.2) is 39.6 Å². The predicted molar refractivity (Wildman–Crippen MR) is 214 cm³/mol. The lowest BCUT2D eigenvalue weighted by molar-refractivity contribution is -0.142. The number of thiazole rings is 1. The molecule has 1 aliphatic heterocycles. The number of aryl methyl sites for hydroxylation is 1. The monoisotopic (exact) mass is 853 g/mol. The molecule has 21 heteroatoms. The van der Waals surface area contributed by atoms with E-state index in [0.717, 1.165) is 20.8 Å². The van der Waals surface area contributed by atoms with Gasteiger partial charge < -0.3 is 24.0 Å². The summed E-state index contributed by atoms with van der Waals surface area (Å²) in [5.74, 6) is -1.97. The second kappa shape index (κ2) is 17.7. The van der Waals surface area contributed by atoms with E-state index in [4.69, 9.17) is 13.8 Å². The number of nitrogens with one attached hydrogen (secondary N) is 2. The first-order valence-electron chi connectivity index (χ1n) is 18.3. The molecule has 2 N–H and O–H groups in total. The van der Waals surface area contributed by atoms with Crippen molar-refractivity contribution >= 4 is 68.8 Å². The smallest absolute Gasteiger partial charge is 0.413 e. The number of aromatic nitrogens is 3. The highest BCUT2D eigenvalue weighted by molar-refractivity contribution is 7.91. The average molecular weight is 854 g/mol. The minimum atomic E-state index is -4.27. The third kappa shape index (κ3) is 13.4. The third-order valence-electron chi connectivity index (χ3n) is 7.69. The highest BCUT2D eigenvalue weighted by atomic mass is 32.2. The van der Waals surface area contributed by atoms with E-state index < -0.39 is 77.0 Å². The zero-order valence-electron chi connectivity index (χ0n) is 33.7. The van der Waals surface area contributed by atoms with Crippen LogP contribution in [0, 0.1) is 0 Å². The van der Waals surface area contributed by atoms with E-state index in [-0.39, 0.29) is 48.8 Å². The van der Waals surface area contributed by atoms with Gasteiger partial charge in [-0.2, -0.15) is 13.4 Å². The number of piperazine rings is 1. The summed E-state index contributed by atoms with van der Waals surface area (Å²) >= 11 is 0.940. The molecule has 0 saturated carbocycles. The first-order chi connectivity index (χ1) is 26.2. The summed E-state index contributed by atoms with van der Waals surface area (Å²) in [6, 6.07) is 6.87. The maximum Gasteiger partial charge on any atom is 0.413 e. The van der Waals surface area contributed by atoms with Gasteiger partial charge in [0, 0.05) is 31.3 Å². The van der Waals surface area contributed by atoms with Gasteiger partial charge in [0.25, 0.3) is 15.9 Å². The number of para-hydroxylation sites is 1. The Morgan fingerprint density at radius 2 is 1.58 bits per heavy atom. The summed E-state index contributed by atoms with van der Waals surface area (Å²) < 4.78 is 59.1. The van der Waals surface area contributed by atoms with Crippen LogP contribution in [0.4, 0.5) is 10.6 Å². The molecule has 3 aromatic rings. The fourth-order valence-electron chi connectivity index (χ4n) is 5.54. The number of benzene rings is 1. The molecule has 1 aromatic carbocycles. The van der Waals surface area contributed by atoms with Gasteiger partial charge in [0.2, 0.25) is 16.2 Å². The quantitative estimate of drug-likeness (QED) is 0.168. The normalized spacial score (nSPS) is 14.5. The lowest BCUT2D eigenvalue weighted by atomic mass is 10.1. The Bertz CT molecular complexity index is 2150. The molecule has 0 spiro atoms. The predicted octanol–water partition coefficient (Wildman–Crippen LogP) is 4.52. The van der Waals surface area contributed by atoms with Crippen molar-refractivity contribution in [1.82, 2.24) is 29.1 Å². The van der Waals surface area contributed by atoms with E-state index in [1.165, 1.54) is 6.20 Å². The van der Waals surface area contributed by atoms with E-state index in [1.54, 1.807) is 86.6 Å². The van der Waals surface area contributed by atoms with Gasteiger partial charge in [-0.15, -0.1) is 11.3 Å². The Morgan fingerprint density at radius 1 is 0.930 bits per heavy atom. The van der Waals surface area contributed by atoms with Crippen molar-refractivity contribution < 1.29 is 45.9 Å². The van der Waals surface area contributed by atoms with Crippen LogP contribution in [0.2, 0.25) is 0 Å². The summed E-state index contributed by atoms with van der Waals surface area (Å²) in [7, 11) is -7.90. The number of anilines is 1. The van der Waals surface area contributed by atoms with Crippen molar-refractivity contribution in [3.05, 3.63) is 46.5 Å². The number of amides is 4. The van der Waals surface area contributed by atoms with Gasteiger partial charge in [-0.1, -0.05) is 12.1 Å². The van der Waals surface area contributed by atoms with E-state index in [0.29, 0.717) is 26.5 Å². The molecule has 0 radical (unpaired) electrons. The first-order valence-corrected chi connectivity index (χ1v) is 22.3. The Morgan fingerprint density at radius 3 is 2.18 bits per heavy atom. The molecule has 2 aromatic heterocycles. The van der Waals surface area contributed by atoms with Crippen LogP contribution >= 0.6 is 18.9 Å². The van der Waals surface area contributed by atoms with E-state index in [9.17, 15) is 37.0 Å². The SMILES string of the molecule is CC(C)(C)OC(=O)Nc1nc(=O)n(CC(=O)N2CCN(S(=O)(=O)c3nc4ccccc4s3)C(=O)C2)cc1CCCNC(=O)CCP(=O)(OC(C)(C)C)OC(C)(C)C. The van der Waals surface area contributed by atoms with Gasteiger partial charge in [-0.3, -0.25) is 28.8 Å². The van der Waals surface area contributed by atoms with Gasteiger partial charge >= 0.3 is 19.4 Å². The molecule has 1 aliphatic rings. The number of carbonyl (C=O) groups excluding carboxylic acids is 4. The number of nitrogens with zero attached hydrogens (tertiary/aromatic N) is 5. The van der Waals surface area contributed by atoms with Crippen LogP contribution in [0.1, 0.15) is 80.7 Å². The van der Waals surface area contributed by atoms with Crippen molar-refractivity contribution in [2.75, 3.05) is 37.7 Å². The van der Waals surface area contributed by atoms with E-state index in [1.807, 2.05) is 0 Å². The number of carbonyl (C=O) groups is 4. The van der Waals surface area contributed by atoms with Crippen LogP contribution < -0.4 is 16.3 Å². The number of fused-ring (bicyclic) bond motifs is 1. The zero-order chi connectivity index (χ0) is 42.6. The summed E-state index contributed by atoms with van der Waals surface area (Å²) in [5.41, 5.74) is -2.46. The molecule has 57 heavy (non-hydrogen) atoms. The molecule has 0 atom stereocenters. The Hall–Kier alpha value is -4.23. The average Bonchev–Trinajstić information content (AvgIpc) is 3.50. The first kappa shape index (κ1) is 45.5. The summed E-state index contributed by atoms with van der Waals surface area (Å²) in [5, 5.41) is 5.25. The fourth-order valence-corrected chi connectivity index (χ4v) is 10.6. The van der Waals surface area contributed by atoms with Crippen molar-refractivity contribution in [3.8, 4) is 0 Å². The lowest BCUT2D eigenvalue weighted by Gasteiger charge is -2.33. The van der Waals surface area contributed by atoms with E-state index in [2.05, 4.69) is 20.6 Å². The molecule has 1 fully saturated rings. The molecule has 3 heterocycles. The van der Waals surface area contributed by atoms with Crippen molar-refractivity contribution in [3.63, 3.8) is 0 Å². The second-order valence-corrected chi connectivity index (χ2v) is 21.4. The highest BCUT2D eigenvalue weighted by Crippen LogP contribution is 2.54. The van der Waals surface area contributed by atoms with Gasteiger partial charge in [-0.25, -0.2) is 18.9 Å². The molecule has 0 aliphatic carbocycles. The summed E-state index contributed by atoms with van der Waals surface area (Å²) in [6.45, 7) is 14.1. The molecular weight excluding hydrogens is 802 g/mol. The van der Waals surface area contributed by atoms with Gasteiger partial charge in [0.1, 0.15) is 24.5 Å². The van der Waals surface area contributed by atoms with E-state index >= 15 is 0 Å². The molecule has 0 bridgehead atoms. The zero-order valence-corrected chi connectivity index (χ0v) is 36.3. The molecule has 4 rings (SSSR count). The summed E-state index contributed by atoms with van der Waals surface area (Å²) in [6.07, 6.45) is 0.688. The number of sulfonamides is 1. The van der Waals surface area contributed by atoms with Gasteiger partial charge in [0.05, 0.1) is 34.1 Å². The largest absolute Gasteiger partial charge is 0.444 e. The van der Waals surface area contributed by atoms with Crippen LogP contribution in [-0.2, 0) is 55.7 Å². The maximum absolute atomic E-state index is 13.5. The van der Waals surface area contributed by atoms with Gasteiger partial charge in [0.15, 0.2) is 0 Å². The minimum absolute atomic E-state index is 0.104. The van der Waals surface area contributed by atoms with Crippen LogP contribution in [0.5, 0.6) is 0 Å². The minimum Gasteiger partial charge on any atom is -0.444 e. The Kier molecular flexibility index (Phi) is 14.1. The van der Waals surface area contributed by atoms with Crippen molar-refractivity contribution in [1.29, 1.82) is 0 Å². The molecule has 0 unspecified atom stereocenters. The standard InChI is InChI=1S/C36H52N7O11PS2/c1-34(2,3)52-32(48)40-30-24(13-12-17-37-27(44)16-20-55(49,53-35(4,5)6)54-36(7,8)9)21-42(31(47)39-30)22-28(45)41-18-19-43(29(46)23-41)57(50,51)33-38-25-14-10-11-15-26(25)56-33/h10-11,14-15,21H,12-13,16-20,22-23H2,1-9H3,(H,37,44)(H,39,40,47,48). The summed E-state index contributed by atoms with van der Waals surface area (Å²) in [4.78, 5) is 74.4. The Labute approximate surface area is 336 Å². The fraction of sp³-hybridized carbons (Fsp3) is 0.583. The molecule has 314 valence electrons. The lowest BCUT2D eigenvalue weighted by Crippen LogP contribution is -2.54. The number of rotatable bonds is 14. The second-order valence-electron chi connectivity index (χ2n) is 16.3. The number of ether oxygens (including phenoxy) is 1. The maximum atomic E-state index is 13.5. The third-order valence-corrected chi connectivity index (χ3v) is 13.3. The van der Waals surface area contributed by atoms with Crippen LogP contribution in [-0.4, -0.2) is 105 Å².